The fourth-order valence-corrected chi connectivity index (χ4v) is 1.79. The van der Waals surface area contributed by atoms with Gasteiger partial charge in [0.15, 0.2) is 0 Å². The summed E-state index contributed by atoms with van der Waals surface area (Å²) in [5.74, 6) is -1.92. The van der Waals surface area contributed by atoms with Crippen LogP contribution in [0.4, 0.5) is 5.69 Å². The van der Waals surface area contributed by atoms with E-state index < -0.39 is 11.9 Å². The third kappa shape index (κ3) is 3.73. The lowest BCUT2D eigenvalue weighted by Crippen LogP contribution is -2.12. The van der Waals surface area contributed by atoms with Crippen molar-refractivity contribution in [2.45, 2.75) is 6.42 Å². The highest BCUT2D eigenvalue weighted by Crippen LogP contribution is 2.23. The van der Waals surface area contributed by atoms with E-state index >= 15 is 0 Å². The average Bonchev–Trinajstić information content (AvgIpc) is 2.40. The second-order valence-electron chi connectivity index (χ2n) is 4.42. The van der Waals surface area contributed by atoms with E-state index in [9.17, 15) is 19.8 Å². The molecule has 0 atom stereocenters. The van der Waals surface area contributed by atoms with Crippen LogP contribution in [0.15, 0.2) is 42.5 Å². The highest BCUT2D eigenvalue weighted by atomic mass is 16.4. The van der Waals surface area contributed by atoms with Crippen molar-refractivity contribution in [3.63, 3.8) is 0 Å². The molecule has 2 aromatic carbocycles. The van der Waals surface area contributed by atoms with Gasteiger partial charge in [0.25, 0.3) is 5.91 Å². The molecule has 2 rings (SSSR count). The minimum atomic E-state index is -0.930. The van der Waals surface area contributed by atoms with Crippen LogP contribution in [-0.2, 0) is 11.2 Å². The number of carboxylic acid groups (broad SMARTS) is 1. The van der Waals surface area contributed by atoms with Gasteiger partial charge in [0.2, 0.25) is 0 Å². The third-order valence-corrected chi connectivity index (χ3v) is 2.79. The molecule has 0 bridgehead atoms. The first-order chi connectivity index (χ1) is 9.95. The molecule has 108 valence electrons. The minimum Gasteiger partial charge on any atom is -0.508 e. The number of benzene rings is 2. The summed E-state index contributed by atoms with van der Waals surface area (Å²) >= 11 is 0. The third-order valence-electron chi connectivity index (χ3n) is 2.79. The Kier molecular flexibility index (Phi) is 4.08. The Morgan fingerprint density at radius 1 is 1.00 bits per heavy atom. The van der Waals surface area contributed by atoms with Crippen molar-refractivity contribution in [3.8, 4) is 11.5 Å². The largest absolute Gasteiger partial charge is 0.508 e. The Hall–Kier alpha value is -3.02. The first-order valence-electron chi connectivity index (χ1n) is 6.10. The zero-order chi connectivity index (χ0) is 15.4. The van der Waals surface area contributed by atoms with Crippen LogP contribution in [0.2, 0.25) is 0 Å². The number of nitrogens with one attached hydrogen (secondary N) is 1. The molecule has 6 heteroatoms. The van der Waals surface area contributed by atoms with Crippen molar-refractivity contribution in [1.82, 2.24) is 0 Å². The Bertz CT molecular complexity index is 679. The molecule has 0 aliphatic rings. The lowest BCUT2D eigenvalue weighted by Gasteiger charge is -2.07. The summed E-state index contributed by atoms with van der Waals surface area (Å²) < 4.78 is 0. The van der Waals surface area contributed by atoms with Crippen LogP contribution < -0.4 is 5.32 Å². The summed E-state index contributed by atoms with van der Waals surface area (Å²) in [6, 6.07) is 10.0. The molecule has 0 saturated heterocycles. The summed E-state index contributed by atoms with van der Waals surface area (Å²) in [5, 5.41) is 30.0. The Morgan fingerprint density at radius 2 is 1.67 bits per heavy atom. The van der Waals surface area contributed by atoms with Crippen LogP contribution in [0, 0.1) is 0 Å². The molecule has 1 amide bonds. The predicted octanol–water partition coefficient (Wildman–Crippen LogP) is 1.98. The van der Waals surface area contributed by atoms with Crippen LogP contribution >= 0.6 is 0 Å². The van der Waals surface area contributed by atoms with E-state index in [0.29, 0.717) is 11.3 Å². The minimum absolute atomic E-state index is 0.0300. The average molecular weight is 287 g/mol. The Morgan fingerprint density at radius 3 is 2.24 bits per heavy atom. The van der Waals surface area contributed by atoms with Crippen LogP contribution in [0.5, 0.6) is 11.5 Å². The molecule has 0 aliphatic carbocycles. The predicted molar refractivity (Wildman–Crippen MR) is 75.5 cm³/mol. The van der Waals surface area contributed by atoms with Gasteiger partial charge in [-0.1, -0.05) is 12.1 Å². The van der Waals surface area contributed by atoms with Gasteiger partial charge in [-0.15, -0.1) is 0 Å². The van der Waals surface area contributed by atoms with Gasteiger partial charge in [-0.2, -0.15) is 0 Å². The maximum Gasteiger partial charge on any atom is 0.307 e. The molecule has 0 saturated carbocycles. The quantitative estimate of drug-likeness (QED) is 0.688. The van der Waals surface area contributed by atoms with E-state index in [1.807, 2.05) is 0 Å². The van der Waals surface area contributed by atoms with Crippen molar-refractivity contribution in [2.24, 2.45) is 0 Å². The van der Waals surface area contributed by atoms with Gasteiger partial charge in [-0.05, 0) is 29.8 Å². The fraction of sp³-hybridized carbons (Fsp3) is 0.0667. The standard InChI is InChI=1S/C15H13NO5/c17-11-5-6-12(13(18)8-11)15(21)16-10-3-1-9(2-4-10)7-14(19)20/h1-6,8,17-18H,7H2,(H,16,21)(H,19,20). The monoisotopic (exact) mass is 287 g/mol. The zero-order valence-electron chi connectivity index (χ0n) is 10.9. The normalized spacial score (nSPS) is 10.1. The molecule has 0 aliphatic heterocycles. The van der Waals surface area contributed by atoms with Gasteiger partial charge in [-0.3, -0.25) is 9.59 Å². The topological polar surface area (TPSA) is 107 Å². The van der Waals surface area contributed by atoms with Gasteiger partial charge in [0.05, 0.1) is 12.0 Å². The molecular formula is C15H13NO5. The maximum absolute atomic E-state index is 12.0. The number of phenols is 2. The maximum atomic E-state index is 12.0. The molecule has 4 N–H and O–H groups in total. The molecular weight excluding hydrogens is 274 g/mol. The second kappa shape index (κ2) is 5.96. The zero-order valence-corrected chi connectivity index (χ0v) is 10.9. The van der Waals surface area contributed by atoms with Gasteiger partial charge in [0, 0.05) is 11.8 Å². The molecule has 2 aromatic rings. The number of rotatable bonds is 4. The number of carbonyl (C=O) groups is 2. The second-order valence-corrected chi connectivity index (χ2v) is 4.42. The highest BCUT2D eigenvalue weighted by molar-refractivity contribution is 6.06. The van der Waals surface area contributed by atoms with Gasteiger partial charge in [-0.25, -0.2) is 0 Å². The van der Waals surface area contributed by atoms with E-state index in [4.69, 9.17) is 5.11 Å². The molecule has 0 unspecified atom stereocenters. The molecule has 0 aromatic heterocycles. The summed E-state index contributed by atoms with van der Waals surface area (Å²) in [4.78, 5) is 22.5. The summed E-state index contributed by atoms with van der Waals surface area (Å²) in [6.07, 6.45) is -0.0903. The highest BCUT2D eigenvalue weighted by Gasteiger charge is 2.12. The lowest BCUT2D eigenvalue weighted by atomic mass is 10.1. The Balaban J connectivity index is 2.10. The summed E-state index contributed by atoms with van der Waals surface area (Å²) in [7, 11) is 0. The Labute approximate surface area is 120 Å². The molecule has 0 spiro atoms. The van der Waals surface area contributed by atoms with E-state index in [0.717, 1.165) is 6.07 Å². The number of hydrogen-bond donors (Lipinski definition) is 4. The van der Waals surface area contributed by atoms with Crippen molar-refractivity contribution in [1.29, 1.82) is 0 Å². The number of carbonyl (C=O) groups excluding carboxylic acids is 1. The number of hydrogen-bond acceptors (Lipinski definition) is 4. The van der Waals surface area contributed by atoms with Crippen LogP contribution in [0.1, 0.15) is 15.9 Å². The van der Waals surface area contributed by atoms with Gasteiger partial charge < -0.3 is 20.6 Å². The molecule has 6 nitrogen and oxygen atoms in total. The number of phenolic OH excluding ortho intramolecular Hbond substituents is 2. The number of aliphatic carboxylic acids is 1. The van der Waals surface area contributed by atoms with Crippen molar-refractivity contribution >= 4 is 17.6 Å². The first kappa shape index (κ1) is 14.4. The van der Waals surface area contributed by atoms with Crippen molar-refractivity contribution < 1.29 is 24.9 Å². The summed E-state index contributed by atoms with van der Waals surface area (Å²) in [6.45, 7) is 0. The number of aromatic hydroxyl groups is 2. The van der Waals surface area contributed by atoms with E-state index in [2.05, 4.69) is 5.32 Å². The van der Waals surface area contributed by atoms with Crippen LogP contribution in [0.3, 0.4) is 0 Å². The summed E-state index contributed by atoms with van der Waals surface area (Å²) in [5.41, 5.74) is 1.12. The number of anilines is 1. The van der Waals surface area contributed by atoms with E-state index in [1.165, 1.54) is 12.1 Å². The molecule has 21 heavy (non-hydrogen) atoms. The van der Waals surface area contributed by atoms with Gasteiger partial charge in [0.1, 0.15) is 11.5 Å². The fourth-order valence-electron chi connectivity index (χ4n) is 1.79. The van der Waals surface area contributed by atoms with E-state index in [1.54, 1.807) is 24.3 Å². The van der Waals surface area contributed by atoms with Gasteiger partial charge >= 0.3 is 5.97 Å². The molecule has 0 heterocycles. The van der Waals surface area contributed by atoms with Crippen LogP contribution in [0.25, 0.3) is 0 Å². The smallest absolute Gasteiger partial charge is 0.307 e. The number of carboxylic acids is 1. The van der Waals surface area contributed by atoms with E-state index in [-0.39, 0.29) is 23.5 Å². The first-order valence-corrected chi connectivity index (χ1v) is 6.10. The SMILES string of the molecule is O=C(O)Cc1ccc(NC(=O)c2ccc(O)cc2O)cc1. The number of amides is 1. The molecule has 0 fully saturated rings. The molecule has 0 radical (unpaired) electrons. The lowest BCUT2D eigenvalue weighted by molar-refractivity contribution is -0.136. The van der Waals surface area contributed by atoms with Crippen LogP contribution in [-0.4, -0.2) is 27.2 Å². The van der Waals surface area contributed by atoms with Crippen molar-refractivity contribution in [2.75, 3.05) is 5.32 Å². The van der Waals surface area contributed by atoms with Crippen molar-refractivity contribution in [3.05, 3.63) is 53.6 Å².